The predicted molar refractivity (Wildman–Crippen MR) is 86.9 cm³/mol. The Morgan fingerprint density at radius 2 is 2.00 bits per heavy atom. The summed E-state index contributed by atoms with van der Waals surface area (Å²) in [6.45, 7) is 3.54. The van der Waals surface area contributed by atoms with Gasteiger partial charge in [-0.25, -0.2) is 4.98 Å². The van der Waals surface area contributed by atoms with Crippen molar-refractivity contribution < 1.29 is 0 Å². The summed E-state index contributed by atoms with van der Waals surface area (Å²) in [6, 6.07) is 4.88. The number of aromatic nitrogens is 3. The summed E-state index contributed by atoms with van der Waals surface area (Å²) in [5.74, 6) is 0. The van der Waals surface area contributed by atoms with E-state index in [1.54, 1.807) is 0 Å². The van der Waals surface area contributed by atoms with Gasteiger partial charge in [-0.3, -0.25) is 4.98 Å². The number of pyridine rings is 1. The first-order valence-corrected chi connectivity index (χ1v) is 8.56. The number of rotatable bonds is 4. The quantitative estimate of drug-likeness (QED) is 0.870. The third kappa shape index (κ3) is 2.80. The van der Waals surface area contributed by atoms with Crippen LogP contribution in [0.2, 0.25) is 0 Å². The van der Waals surface area contributed by atoms with Crippen LogP contribution in [0.5, 0.6) is 0 Å². The zero-order chi connectivity index (χ0) is 14.8. The van der Waals surface area contributed by atoms with E-state index in [1.807, 2.05) is 12.4 Å². The molecule has 2 aromatic heterocycles. The Balaban J connectivity index is 1.37. The second-order valence-electron chi connectivity index (χ2n) is 6.60. The molecule has 2 aromatic rings. The first-order chi connectivity index (χ1) is 10.9. The van der Waals surface area contributed by atoms with Crippen LogP contribution in [-0.4, -0.2) is 39.1 Å². The third-order valence-corrected chi connectivity index (χ3v) is 5.17. The van der Waals surface area contributed by atoms with E-state index in [1.165, 1.54) is 62.1 Å². The van der Waals surface area contributed by atoms with E-state index >= 15 is 0 Å². The van der Waals surface area contributed by atoms with Crippen LogP contribution in [0.1, 0.15) is 42.3 Å². The van der Waals surface area contributed by atoms with Gasteiger partial charge in [-0.05, 0) is 56.2 Å². The maximum Gasteiger partial charge on any atom is 0.0954 e. The van der Waals surface area contributed by atoms with Gasteiger partial charge in [0.15, 0.2) is 0 Å². The van der Waals surface area contributed by atoms with Crippen molar-refractivity contribution >= 4 is 0 Å². The number of hydrogen-bond acceptors (Lipinski definition) is 3. The third-order valence-electron chi connectivity index (χ3n) is 5.17. The maximum absolute atomic E-state index is 4.66. The highest BCUT2D eigenvalue weighted by molar-refractivity contribution is 5.18. The Morgan fingerprint density at radius 1 is 1.14 bits per heavy atom. The highest BCUT2D eigenvalue weighted by atomic mass is 15.2. The van der Waals surface area contributed by atoms with Crippen LogP contribution in [0, 0.1) is 0 Å². The van der Waals surface area contributed by atoms with Crippen LogP contribution < -0.4 is 0 Å². The molecular weight excluding hydrogens is 272 g/mol. The largest absolute Gasteiger partial charge is 0.330 e. The van der Waals surface area contributed by atoms with Crippen LogP contribution in [0.15, 0.2) is 30.9 Å². The summed E-state index contributed by atoms with van der Waals surface area (Å²) >= 11 is 0. The zero-order valence-corrected chi connectivity index (χ0v) is 13.1. The minimum atomic E-state index is 0.631. The molecule has 1 saturated heterocycles. The lowest BCUT2D eigenvalue weighted by molar-refractivity contribution is 0.326. The van der Waals surface area contributed by atoms with E-state index in [0.717, 1.165) is 13.0 Å². The fraction of sp³-hybridized carbons (Fsp3) is 0.556. The number of hydrogen-bond donors (Lipinski definition) is 0. The van der Waals surface area contributed by atoms with Crippen LogP contribution in [0.25, 0.3) is 0 Å². The Hall–Kier alpha value is -1.68. The molecule has 22 heavy (non-hydrogen) atoms. The molecule has 0 radical (unpaired) electrons. The Kier molecular flexibility index (Phi) is 3.94. The van der Waals surface area contributed by atoms with E-state index in [9.17, 15) is 0 Å². The molecule has 0 bridgehead atoms. The molecule has 1 fully saturated rings. The van der Waals surface area contributed by atoms with Gasteiger partial charge in [-0.2, -0.15) is 0 Å². The number of imidazole rings is 1. The lowest BCUT2D eigenvalue weighted by atomic mass is 10.0. The molecule has 1 aliphatic carbocycles. The van der Waals surface area contributed by atoms with Crippen molar-refractivity contribution in [2.45, 2.75) is 44.6 Å². The maximum atomic E-state index is 4.66. The molecule has 0 amide bonds. The van der Waals surface area contributed by atoms with Gasteiger partial charge in [-0.1, -0.05) is 0 Å². The topological polar surface area (TPSA) is 34.0 Å². The molecule has 3 heterocycles. The van der Waals surface area contributed by atoms with Crippen LogP contribution in [0.3, 0.4) is 0 Å². The SMILES string of the molecule is c1cc(CCN2CC[C@@H](n3cnc4c3CCCC4)C2)ccn1. The second-order valence-corrected chi connectivity index (χ2v) is 6.60. The highest BCUT2D eigenvalue weighted by Gasteiger charge is 2.26. The summed E-state index contributed by atoms with van der Waals surface area (Å²) in [5.41, 5.74) is 4.27. The first kappa shape index (κ1) is 13.9. The zero-order valence-electron chi connectivity index (χ0n) is 13.1. The minimum Gasteiger partial charge on any atom is -0.330 e. The molecule has 0 N–H and O–H groups in total. The molecule has 4 nitrogen and oxygen atoms in total. The molecular formula is C18H24N4. The average Bonchev–Trinajstić information content (AvgIpc) is 3.20. The molecule has 0 spiro atoms. The Morgan fingerprint density at radius 3 is 2.91 bits per heavy atom. The predicted octanol–water partition coefficient (Wildman–Crippen LogP) is 2.65. The molecule has 0 aromatic carbocycles. The van der Waals surface area contributed by atoms with Gasteiger partial charge in [0, 0.05) is 43.8 Å². The molecule has 0 unspecified atom stereocenters. The van der Waals surface area contributed by atoms with Gasteiger partial charge in [0.1, 0.15) is 0 Å². The Bertz CT molecular complexity index is 619. The number of fused-ring (bicyclic) bond motifs is 1. The second kappa shape index (κ2) is 6.21. The molecule has 0 saturated carbocycles. The number of aryl methyl sites for hydroxylation is 1. The minimum absolute atomic E-state index is 0.631. The van der Waals surface area contributed by atoms with E-state index in [4.69, 9.17) is 0 Å². The van der Waals surface area contributed by atoms with E-state index in [2.05, 4.69) is 37.9 Å². The summed E-state index contributed by atoms with van der Waals surface area (Å²) in [5, 5.41) is 0. The van der Waals surface area contributed by atoms with E-state index in [0.29, 0.717) is 6.04 Å². The van der Waals surface area contributed by atoms with Gasteiger partial charge in [0.05, 0.1) is 12.0 Å². The van der Waals surface area contributed by atoms with Crippen LogP contribution in [0.4, 0.5) is 0 Å². The molecule has 1 aliphatic heterocycles. The summed E-state index contributed by atoms with van der Waals surface area (Å²) in [4.78, 5) is 11.3. The van der Waals surface area contributed by atoms with Crippen molar-refractivity contribution in [1.29, 1.82) is 0 Å². The van der Waals surface area contributed by atoms with Crippen molar-refractivity contribution in [3.63, 3.8) is 0 Å². The Labute approximate surface area is 132 Å². The van der Waals surface area contributed by atoms with Crippen LogP contribution >= 0.6 is 0 Å². The standard InChI is InChI=1S/C18H24N4/c1-2-4-18-17(3-1)20-14-22(18)16-8-12-21(13-16)11-7-15-5-9-19-10-6-15/h5-6,9-10,14,16H,1-4,7-8,11-13H2/t16-/m1/s1. The smallest absolute Gasteiger partial charge is 0.0954 e. The monoisotopic (exact) mass is 296 g/mol. The van der Waals surface area contributed by atoms with E-state index in [-0.39, 0.29) is 0 Å². The highest BCUT2D eigenvalue weighted by Crippen LogP contribution is 2.28. The summed E-state index contributed by atoms with van der Waals surface area (Å²) < 4.78 is 2.49. The van der Waals surface area contributed by atoms with Crippen molar-refractivity contribution in [3.8, 4) is 0 Å². The van der Waals surface area contributed by atoms with Gasteiger partial charge >= 0.3 is 0 Å². The molecule has 116 valence electrons. The average molecular weight is 296 g/mol. The van der Waals surface area contributed by atoms with E-state index < -0.39 is 0 Å². The molecule has 4 rings (SSSR count). The fourth-order valence-corrected chi connectivity index (χ4v) is 3.89. The molecule has 4 heteroatoms. The summed E-state index contributed by atoms with van der Waals surface area (Å²) in [6.07, 6.45) is 13.3. The van der Waals surface area contributed by atoms with Crippen molar-refractivity contribution in [3.05, 3.63) is 47.8 Å². The van der Waals surface area contributed by atoms with Crippen LogP contribution in [-0.2, 0) is 19.3 Å². The lowest BCUT2D eigenvalue weighted by Crippen LogP contribution is -2.24. The summed E-state index contributed by atoms with van der Waals surface area (Å²) in [7, 11) is 0. The normalized spacial score (nSPS) is 21.9. The van der Waals surface area contributed by atoms with Gasteiger partial charge in [0.2, 0.25) is 0 Å². The van der Waals surface area contributed by atoms with Gasteiger partial charge in [-0.15, -0.1) is 0 Å². The molecule has 1 atom stereocenters. The van der Waals surface area contributed by atoms with Crippen molar-refractivity contribution in [1.82, 2.24) is 19.4 Å². The van der Waals surface area contributed by atoms with Gasteiger partial charge < -0.3 is 9.47 Å². The fourth-order valence-electron chi connectivity index (χ4n) is 3.89. The number of nitrogens with zero attached hydrogens (tertiary/aromatic N) is 4. The lowest BCUT2D eigenvalue weighted by Gasteiger charge is -2.20. The number of likely N-dealkylation sites (tertiary alicyclic amines) is 1. The van der Waals surface area contributed by atoms with Crippen molar-refractivity contribution in [2.75, 3.05) is 19.6 Å². The first-order valence-electron chi connectivity index (χ1n) is 8.56. The van der Waals surface area contributed by atoms with Gasteiger partial charge in [0.25, 0.3) is 0 Å². The van der Waals surface area contributed by atoms with Crippen molar-refractivity contribution in [2.24, 2.45) is 0 Å². The molecule has 2 aliphatic rings.